The molecule has 1 aromatic heterocycles. The molecule has 10 rings (SSSR count). The number of aromatic nitrogens is 1. The lowest BCUT2D eigenvalue weighted by Crippen LogP contribution is -2.10. The van der Waals surface area contributed by atoms with E-state index in [1.165, 1.54) is 65.6 Å². The van der Waals surface area contributed by atoms with Gasteiger partial charge in [0.1, 0.15) is 0 Å². The minimum atomic E-state index is 1.10. The van der Waals surface area contributed by atoms with E-state index in [0.29, 0.717) is 0 Å². The number of para-hydroxylation sites is 2. The van der Waals surface area contributed by atoms with E-state index in [9.17, 15) is 0 Å². The number of benzene rings is 9. The maximum absolute atomic E-state index is 2.43. The summed E-state index contributed by atoms with van der Waals surface area (Å²) in [7, 11) is 0. The van der Waals surface area contributed by atoms with Crippen molar-refractivity contribution in [1.29, 1.82) is 0 Å². The lowest BCUT2D eigenvalue weighted by atomic mass is 9.94. The molecule has 0 saturated carbocycles. The first kappa shape index (κ1) is 30.0. The molecule has 0 spiro atoms. The van der Waals surface area contributed by atoms with Crippen molar-refractivity contribution in [2.75, 3.05) is 4.90 Å². The van der Waals surface area contributed by atoms with Gasteiger partial charge in [0.15, 0.2) is 0 Å². The van der Waals surface area contributed by atoms with Crippen LogP contribution in [0.4, 0.5) is 17.1 Å². The largest absolute Gasteiger partial charge is 0.310 e. The molecule has 0 amide bonds. The van der Waals surface area contributed by atoms with Crippen LogP contribution in [0, 0.1) is 0 Å². The number of nitrogens with zero attached hydrogens (tertiary/aromatic N) is 2. The summed E-state index contributed by atoms with van der Waals surface area (Å²) in [5.74, 6) is 0. The van der Waals surface area contributed by atoms with E-state index >= 15 is 0 Å². The van der Waals surface area contributed by atoms with Gasteiger partial charge in [-0.25, -0.2) is 0 Å². The van der Waals surface area contributed by atoms with Gasteiger partial charge in [0, 0.05) is 33.5 Å². The van der Waals surface area contributed by atoms with E-state index < -0.39 is 0 Å². The monoisotopic (exact) mass is 662 g/mol. The van der Waals surface area contributed by atoms with Crippen LogP contribution in [0.5, 0.6) is 0 Å². The van der Waals surface area contributed by atoms with Crippen LogP contribution in [0.3, 0.4) is 0 Å². The summed E-state index contributed by atoms with van der Waals surface area (Å²) in [6.45, 7) is 0. The molecule has 0 saturated heterocycles. The van der Waals surface area contributed by atoms with Gasteiger partial charge in [0.25, 0.3) is 0 Å². The van der Waals surface area contributed by atoms with E-state index in [1.54, 1.807) is 0 Å². The summed E-state index contributed by atoms with van der Waals surface area (Å²) in [6.07, 6.45) is 0. The summed E-state index contributed by atoms with van der Waals surface area (Å²) < 4.78 is 2.43. The van der Waals surface area contributed by atoms with Crippen molar-refractivity contribution in [3.63, 3.8) is 0 Å². The molecule has 0 aliphatic rings. The van der Waals surface area contributed by atoms with Crippen molar-refractivity contribution < 1.29 is 0 Å². The van der Waals surface area contributed by atoms with Crippen molar-refractivity contribution in [1.82, 2.24) is 4.57 Å². The second-order valence-corrected chi connectivity index (χ2v) is 13.4. The molecule has 0 radical (unpaired) electrons. The lowest BCUT2D eigenvalue weighted by Gasteiger charge is -2.26. The van der Waals surface area contributed by atoms with E-state index in [2.05, 4.69) is 216 Å². The summed E-state index contributed by atoms with van der Waals surface area (Å²) in [5.41, 5.74) is 11.7. The zero-order chi connectivity index (χ0) is 34.4. The minimum absolute atomic E-state index is 1.10. The van der Waals surface area contributed by atoms with Crippen LogP contribution in [0.2, 0.25) is 0 Å². The van der Waals surface area contributed by atoms with Gasteiger partial charge in [0.05, 0.1) is 11.0 Å². The van der Waals surface area contributed by atoms with Gasteiger partial charge in [-0.05, 0) is 104 Å². The van der Waals surface area contributed by atoms with Crippen LogP contribution in [-0.4, -0.2) is 4.57 Å². The number of fused-ring (bicyclic) bond motifs is 5. The van der Waals surface area contributed by atoms with E-state index in [-0.39, 0.29) is 0 Å². The molecule has 0 aliphatic heterocycles. The van der Waals surface area contributed by atoms with Crippen molar-refractivity contribution in [2.45, 2.75) is 0 Å². The molecule has 0 aliphatic carbocycles. The van der Waals surface area contributed by atoms with Gasteiger partial charge in [-0.3, -0.25) is 0 Å². The van der Waals surface area contributed by atoms with Gasteiger partial charge in [-0.15, -0.1) is 0 Å². The fourth-order valence-corrected chi connectivity index (χ4v) is 7.93. The summed E-state index contributed by atoms with van der Waals surface area (Å²) >= 11 is 0. The smallest absolute Gasteiger partial charge is 0.0562 e. The Labute approximate surface area is 303 Å². The molecule has 0 bridgehead atoms. The molecule has 52 heavy (non-hydrogen) atoms. The molecular weight excluding hydrogens is 629 g/mol. The van der Waals surface area contributed by atoms with Gasteiger partial charge >= 0.3 is 0 Å². The highest BCUT2D eigenvalue weighted by Gasteiger charge is 2.20. The maximum atomic E-state index is 2.43. The fourth-order valence-electron chi connectivity index (χ4n) is 7.93. The second kappa shape index (κ2) is 12.5. The van der Waals surface area contributed by atoms with Gasteiger partial charge < -0.3 is 9.47 Å². The van der Waals surface area contributed by atoms with Crippen molar-refractivity contribution in [3.8, 4) is 27.9 Å². The van der Waals surface area contributed by atoms with Gasteiger partial charge in [-0.1, -0.05) is 146 Å². The van der Waals surface area contributed by atoms with E-state index in [0.717, 1.165) is 22.7 Å². The predicted molar refractivity (Wildman–Crippen MR) is 221 cm³/mol. The first-order valence-electron chi connectivity index (χ1n) is 17.9. The first-order valence-corrected chi connectivity index (χ1v) is 17.9. The van der Waals surface area contributed by atoms with Crippen LogP contribution in [-0.2, 0) is 0 Å². The Balaban J connectivity index is 1.17. The number of rotatable bonds is 6. The molecule has 1 heterocycles. The molecule has 0 unspecified atom stereocenters. The van der Waals surface area contributed by atoms with Crippen LogP contribution >= 0.6 is 0 Å². The Kier molecular flexibility index (Phi) is 7.18. The third kappa shape index (κ3) is 5.04. The predicted octanol–water partition coefficient (Wildman–Crippen LogP) is 13.9. The summed E-state index contributed by atoms with van der Waals surface area (Å²) in [6, 6.07) is 74.7. The third-order valence-corrected chi connectivity index (χ3v) is 10.4. The molecule has 0 atom stereocenters. The maximum Gasteiger partial charge on any atom is 0.0562 e. The lowest BCUT2D eigenvalue weighted by molar-refractivity contribution is 1.18. The van der Waals surface area contributed by atoms with E-state index in [1.807, 2.05) is 0 Å². The molecule has 9 aromatic carbocycles. The molecule has 244 valence electrons. The quantitative estimate of drug-likeness (QED) is 0.172. The van der Waals surface area contributed by atoms with Gasteiger partial charge in [-0.2, -0.15) is 0 Å². The zero-order valence-corrected chi connectivity index (χ0v) is 28.5. The molecule has 2 nitrogen and oxygen atoms in total. The SMILES string of the molecule is c1ccc(N(c2ccc(-c3ccc4ccccc4c3)cc2)c2ccc3c4c(-c5cccc6ccccc56)cccc4n(-c4ccccc4)c3c2)cc1. The van der Waals surface area contributed by atoms with Crippen LogP contribution in [0.1, 0.15) is 0 Å². The Bertz CT molecular complexity index is 2880. The van der Waals surface area contributed by atoms with Crippen LogP contribution in [0.25, 0.3) is 71.3 Å². The van der Waals surface area contributed by atoms with Crippen molar-refractivity contribution >= 4 is 60.4 Å². The zero-order valence-electron chi connectivity index (χ0n) is 28.5. The molecule has 2 heteroatoms. The average Bonchev–Trinajstić information content (AvgIpc) is 3.55. The van der Waals surface area contributed by atoms with Gasteiger partial charge in [0.2, 0.25) is 0 Å². The minimum Gasteiger partial charge on any atom is -0.310 e. The van der Waals surface area contributed by atoms with E-state index in [4.69, 9.17) is 0 Å². The molecule has 10 aromatic rings. The molecule has 0 fully saturated rings. The third-order valence-electron chi connectivity index (χ3n) is 10.4. The molecule has 0 N–H and O–H groups in total. The standard InChI is InChI=1S/C50H34N2/c1-3-17-40(18-4-1)51(42-29-27-36(28-30-42)39-26-25-35-13-7-8-15-38(35)33-39)43-31-32-47-49(34-43)52(41-19-5-2-6-20-41)48-24-12-23-46(50(47)48)45-22-11-16-37-14-9-10-21-44(37)45/h1-34H. The Morgan fingerprint density at radius 3 is 1.77 bits per heavy atom. The number of anilines is 3. The van der Waals surface area contributed by atoms with Crippen LogP contribution < -0.4 is 4.90 Å². The highest BCUT2D eigenvalue weighted by Crippen LogP contribution is 2.43. The van der Waals surface area contributed by atoms with Crippen molar-refractivity contribution in [3.05, 3.63) is 206 Å². The Morgan fingerprint density at radius 1 is 0.327 bits per heavy atom. The summed E-state index contributed by atoms with van der Waals surface area (Å²) in [4.78, 5) is 2.36. The highest BCUT2D eigenvalue weighted by molar-refractivity contribution is 6.18. The Morgan fingerprint density at radius 2 is 0.942 bits per heavy atom. The fraction of sp³-hybridized carbons (Fsp3) is 0. The first-order chi connectivity index (χ1) is 25.8. The Hall–Kier alpha value is -6.90. The normalized spacial score (nSPS) is 11.5. The molecular formula is C50H34N2. The number of hydrogen-bond acceptors (Lipinski definition) is 1. The number of hydrogen-bond donors (Lipinski definition) is 0. The topological polar surface area (TPSA) is 8.17 Å². The highest BCUT2D eigenvalue weighted by atomic mass is 15.1. The average molecular weight is 663 g/mol. The summed E-state index contributed by atoms with van der Waals surface area (Å²) in [5, 5.41) is 7.50. The second-order valence-electron chi connectivity index (χ2n) is 13.4. The van der Waals surface area contributed by atoms with Crippen LogP contribution in [0.15, 0.2) is 206 Å². The van der Waals surface area contributed by atoms with Crippen molar-refractivity contribution in [2.24, 2.45) is 0 Å².